The van der Waals surface area contributed by atoms with Gasteiger partial charge in [-0.15, -0.1) is 0 Å². The molecule has 1 aliphatic rings. The molecule has 0 radical (unpaired) electrons. The number of fused-ring (bicyclic) bond motifs is 1. The van der Waals surface area contributed by atoms with Crippen LogP contribution in [0.4, 0.5) is 0 Å². The Morgan fingerprint density at radius 3 is 2.87 bits per heavy atom. The van der Waals surface area contributed by atoms with Gasteiger partial charge in [0.15, 0.2) is 0 Å². The van der Waals surface area contributed by atoms with Gasteiger partial charge in [-0.25, -0.2) is 0 Å². The number of hydrogen-bond acceptors (Lipinski definition) is 2. The zero-order valence-electron chi connectivity index (χ0n) is 9.41. The van der Waals surface area contributed by atoms with Gasteiger partial charge in [0.05, 0.1) is 0 Å². The van der Waals surface area contributed by atoms with Gasteiger partial charge in [-0.1, -0.05) is 24.3 Å². The molecule has 0 fully saturated rings. The third kappa shape index (κ3) is 2.80. The summed E-state index contributed by atoms with van der Waals surface area (Å²) in [6.45, 7) is 4.33. The van der Waals surface area contributed by atoms with Crippen LogP contribution in [0.5, 0.6) is 0 Å². The van der Waals surface area contributed by atoms with E-state index >= 15 is 0 Å². The summed E-state index contributed by atoms with van der Waals surface area (Å²) in [5.41, 5.74) is 3.03. The van der Waals surface area contributed by atoms with Gasteiger partial charge in [-0.05, 0) is 24.0 Å². The summed E-state index contributed by atoms with van der Waals surface area (Å²) in [6.07, 6.45) is 2.34. The summed E-state index contributed by atoms with van der Waals surface area (Å²) in [5, 5.41) is 0. The lowest BCUT2D eigenvalue weighted by Gasteiger charge is -2.28. The minimum Gasteiger partial charge on any atom is -0.385 e. The highest BCUT2D eigenvalue weighted by Crippen LogP contribution is 2.18. The summed E-state index contributed by atoms with van der Waals surface area (Å²) in [5.74, 6) is 0. The van der Waals surface area contributed by atoms with E-state index in [4.69, 9.17) is 4.74 Å². The van der Waals surface area contributed by atoms with Gasteiger partial charge in [-0.2, -0.15) is 0 Å². The summed E-state index contributed by atoms with van der Waals surface area (Å²) in [6, 6.07) is 8.77. The number of nitrogens with zero attached hydrogens (tertiary/aromatic N) is 1. The Morgan fingerprint density at radius 1 is 1.27 bits per heavy atom. The molecule has 0 atom stereocenters. The molecule has 0 bridgehead atoms. The third-order valence-corrected chi connectivity index (χ3v) is 3.03. The Labute approximate surface area is 91.9 Å². The summed E-state index contributed by atoms with van der Waals surface area (Å²) >= 11 is 0. The molecule has 1 heterocycles. The molecule has 1 aromatic rings. The molecule has 2 rings (SSSR count). The smallest absolute Gasteiger partial charge is 0.0474 e. The molecule has 1 aliphatic heterocycles. The highest BCUT2D eigenvalue weighted by atomic mass is 16.5. The van der Waals surface area contributed by atoms with E-state index in [1.807, 2.05) is 0 Å². The van der Waals surface area contributed by atoms with Gasteiger partial charge < -0.3 is 4.74 Å². The molecule has 0 aliphatic carbocycles. The number of methoxy groups -OCH3 is 1. The Bertz CT molecular complexity index is 311. The summed E-state index contributed by atoms with van der Waals surface area (Å²) in [4.78, 5) is 2.52. The topological polar surface area (TPSA) is 12.5 Å². The second-order valence-electron chi connectivity index (χ2n) is 4.14. The first-order valence-electron chi connectivity index (χ1n) is 5.68. The van der Waals surface area contributed by atoms with Crippen LogP contribution in [-0.4, -0.2) is 31.7 Å². The van der Waals surface area contributed by atoms with Crippen LogP contribution in [-0.2, 0) is 17.7 Å². The predicted octanol–water partition coefficient (Wildman–Crippen LogP) is 2.08. The Kier molecular flexibility index (Phi) is 3.75. The number of rotatable bonds is 4. The molecule has 0 N–H and O–H groups in total. The quantitative estimate of drug-likeness (QED) is 0.698. The highest BCUT2D eigenvalue weighted by Gasteiger charge is 2.14. The minimum absolute atomic E-state index is 0.873. The average Bonchev–Trinajstić information content (AvgIpc) is 2.29. The standard InChI is InChI=1S/C13H19NO/c1-15-10-4-8-14-9-7-12-5-2-3-6-13(12)11-14/h2-3,5-6H,4,7-11H2,1H3. The predicted molar refractivity (Wildman–Crippen MR) is 61.9 cm³/mol. The van der Waals surface area contributed by atoms with Crippen LogP contribution < -0.4 is 0 Å². The number of ether oxygens (including phenoxy) is 1. The van der Waals surface area contributed by atoms with Crippen LogP contribution in [0, 0.1) is 0 Å². The van der Waals surface area contributed by atoms with Crippen molar-refractivity contribution in [2.75, 3.05) is 26.8 Å². The molecule has 0 aromatic heterocycles. The molecule has 82 valence electrons. The molecule has 2 heteroatoms. The molecule has 0 amide bonds. The number of benzene rings is 1. The van der Waals surface area contributed by atoms with Crippen molar-refractivity contribution in [2.24, 2.45) is 0 Å². The van der Waals surface area contributed by atoms with Gasteiger partial charge in [0.25, 0.3) is 0 Å². The first-order chi connectivity index (χ1) is 7.40. The Balaban J connectivity index is 1.88. The molecule has 0 unspecified atom stereocenters. The van der Waals surface area contributed by atoms with E-state index in [0.29, 0.717) is 0 Å². The van der Waals surface area contributed by atoms with Gasteiger partial charge >= 0.3 is 0 Å². The number of hydrogen-bond donors (Lipinski definition) is 0. The van der Waals surface area contributed by atoms with E-state index in [1.54, 1.807) is 7.11 Å². The van der Waals surface area contributed by atoms with E-state index in [1.165, 1.54) is 24.1 Å². The molecule has 0 saturated carbocycles. The van der Waals surface area contributed by atoms with Crippen molar-refractivity contribution in [1.82, 2.24) is 4.90 Å². The van der Waals surface area contributed by atoms with Crippen LogP contribution in [0.3, 0.4) is 0 Å². The summed E-state index contributed by atoms with van der Waals surface area (Å²) in [7, 11) is 1.77. The van der Waals surface area contributed by atoms with Crippen molar-refractivity contribution in [3.63, 3.8) is 0 Å². The Morgan fingerprint density at radius 2 is 2.07 bits per heavy atom. The first-order valence-corrected chi connectivity index (χ1v) is 5.68. The molecular formula is C13H19NO. The Hall–Kier alpha value is -0.860. The maximum Gasteiger partial charge on any atom is 0.0474 e. The average molecular weight is 205 g/mol. The zero-order chi connectivity index (χ0) is 10.5. The second-order valence-corrected chi connectivity index (χ2v) is 4.14. The van der Waals surface area contributed by atoms with E-state index in [9.17, 15) is 0 Å². The summed E-state index contributed by atoms with van der Waals surface area (Å²) < 4.78 is 5.08. The molecule has 1 aromatic carbocycles. The second kappa shape index (κ2) is 5.29. The van der Waals surface area contributed by atoms with Crippen LogP contribution in [0.1, 0.15) is 17.5 Å². The van der Waals surface area contributed by atoms with Crippen LogP contribution in [0.2, 0.25) is 0 Å². The first kappa shape index (κ1) is 10.7. The van der Waals surface area contributed by atoms with Crippen molar-refractivity contribution < 1.29 is 4.74 Å². The monoisotopic (exact) mass is 205 g/mol. The van der Waals surface area contributed by atoms with Gasteiger partial charge in [0, 0.05) is 33.4 Å². The van der Waals surface area contributed by atoms with Crippen molar-refractivity contribution in [3.8, 4) is 0 Å². The van der Waals surface area contributed by atoms with E-state index in [0.717, 1.165) is 26.1 Å². The molecule has 0 spiro atoms. The van der Waals surface area contributed by atoms with Gasteiger partial charge in [0.1, 0.15) is 0 Å². The van der Waals surface area contributed by atoms with Crippen LogP contribution in [0.15, 0.2) is 24.3 Å². The SMILES string of the molecule is COCCCN1CCc2ccccc2C1. The van der Waals surface area contributed by atoms with Crippen molar-refractivity contribution in [3.05, 3.63) is 35.4 Å². The van der Waals surface area contributed by atoms with E-state index in [2.05, 4.69) is 29.2 Å². The van der Waals surface area contributed by atoms with Gasteiger partial charge in [-0.3, -0.25) is 4.90 Å². The lowest BCUT2D eigenvalue weighted by atomic mass is 10.00. The zero-order valence-corrected chi connectivity index (χ0v) is 9.41. The molecule has 2 nitrogen and oxygen atoms in total. The van der Waals surface area contributed by atoms with E-state index < -0.39 is 0 Å². The lowest BCUT2D eigenvalue weighted by Crippen LogP contribution is -2.31. The maximum absolute atomic E-state index is 5.08. The minimum atomic E-state index is 0.873. The molecule has 15 heavy (non-hydrogen) atoms. The van der Waals surface area contributed by atoms with Crippen molar-refractivity contribution in [1.29, 1.82) is 0 Å². The fraction of sp³-hybridized carbons (Fsp3) is 0.538. The normalized spacial score (nSPS) is 16.3. The fourth-order valence-corrected chi connectivity index (χ4v) is 2.18. The van der Waals surface area contributed by atoms with Gasteiger partial charge in [0.2, 0.25) is 0 Å². The van der Waals surface area contributed by atoms with E-state index in [-0.39, 0.29) is 0 Å². The largest absolute Gasteiger partial charge is 0.385 e. The van der Waals surface area contributed by atoms with Crippen LogP contribution >= 0.6 is 0 Å². The lowest BCUT2D eigenvalue weighted by molar-refractivity contribution is 0.167. The molecule has 0 saturated heterocycles. The third-order valence-electron chi connectivity index (χ3n) is 3.03. The fourth-order valence-electron chi connectivity index (χ4n) is 2.18. The highest BCUT2D eigenvalue weighted by molar-refractivity contribution is 5.28. The van der Waals surface area contributed by atoms with Crippen LogP contribution in [0.25, 0.3) is 0 Å². The maximum atomic E-state index is 5.08. The molecular weight excluding hydrogens is 186 g/mol. The van der Waals surface area contributed by atoms with Crippen molar-refractivity contribution in [2.45, 2.75) is 19.4 Å². The van der Waals surface area contributed by atoms with Crippen molar-refractivity contribution >= 4 is 0 Å².